The second-order valence-electron chi connectivity index (χ2n) is 3.58. The topological polar surface area (TPSA) is 0 Å². The zero-order valence-corrected chi connectivity index (χ0v) is 6.45. The standard InChI is InChI=1S/C8H13Cl/c9-7-3-6-8(7)4-1-2-5-8/h7H,1-6H2. The van der Waals surface area contributed by atoms with E-state index in [1.165, 1.54) is 38.5 Å². The molecule has 0 aromatic carbocycles. The number of halogens is 1. The van der Waals surface area contributed by atoms with E-state index in [-0.39, 0.29) is 0 Å². The minimum absolute atomic E-state index is 0.542. The van der Waals surface area contributed by atoms with E-state index in [2.05, 4.69) is 0 Å². The van der Waals surface area contributed by atoms with Crippen molar-refractivity contribution in [1.82, 2.24) is 0 Å². The molecule has 2 aliphatic carbocycles. The van der Waals surface area contributed by atoms with Gasteiger partial charge in [0.2, 0.25) is 0 Å². The van der Waals surface area contributed by atoms with Gasteiger partial charge >= 0.3 is 0 Å². The average Bonchev–Trinajstić information content (AvgIpc) is 2.34. The minimum Gasteiger partial charge on any atom is -0.122 e. The van der Waals surface area contributed by atoms with Crippen LogP contribution in [-0.4, -0.2) is 5.38 Å². The SMILES string of the molecule is ClC1CCC12CCCC2. The van der Waals surface area contributed by atoms with Crippen molar-refractivity contribution >= 4 is 11.6 Å². The summed E-state index contributed by atoms with van der Waals surface area (Å²) in [6.45, 7) is 0. The first kappa shape index (κ1) is 6.03. The Labute approximate surface area is 61.6 Å². The van der Waals surface area contributed by atoms with Gasteiger partial charge in [-0.3, -0.25) is 0 Å². The normalized spacial score (nSPS) is 39.0. The number of hydrogen-bond acceptors (Lipinski definition) is 0. The third-order valence-corrected chi connectivity index (χ3v) is 3.84. The molecule has 2 saturated carbocycles. The molecule has 0 saturated heterocycles. The summed E-state index contributed by atoms with van der Waals surface area (Å²) in [5, 5.41) is 0.542. The van der Waals surface area contributed by atoms with Gasteiger partial charge in [-0.1, -0.05) is 12.8 Å². The van der Waals surface area contributed by atoms with Gasteiger partial charge < -0.3 is 0 Å². The summed E-state index contributed by atoms with van der Waals surface area (Å²) < 4.78 is 0. The van der Waals surface area contributed by atoms with Crippen molar-refractivity contribution in [2.45, 2.75) is 43.9 Å². The van der Waals surface area contributed by atoms with Gasteiger partial charge in [-0.2, -0.15) is 0 Å². The molecule has 1 unspecified atom stereocenters. The highest BCUT2D eigenvalue weighted by Gasteiger charge is 2.46. The fourth-order valence-electron chi connectivity index (χ4n) is 2.30. The van der Waals surface area contributed by atoms with E-state index in [0.717, 1.165) is 0 Å². The maximum Gasteiger partial charge on any atom is 0.0392 e. The van der Waals surface area contributed by atoms with Crippen LogP contribution < -0.4 is 0 Å². The maximum atomic E-state index is 6.11. The highest BCUT2D eigenvalue weighted by molar-refractivity contribution is 6.21. The molecule has 0 amide bonds. The second-order valence-corrected chi connectivity index (χ2v) is 4.10. The smallest absolute Gasteiger partial charge is 0.0392 e. The molecule has 1 spiro atoms. The minimum atomic E-state index is 0.542. The van der Waals surface area contributed by atoms with Gasteiger partial charge in [0.1, 0.15) is 0 Å². The van der Waals surface area contributed by atoms with E-state index in [9.17, 15) is 0 Å². The molecule has 0 heterocycles. The van der Waals surface area contributed by atoms with Crippen LogP contribution in [0.4, 0.5) is 0 Å². The van der Waals surface area contributed by atoms with Crippen LogP contribution in [0.15, 0.2) is 0 Å². The summed E-state index contributed by atoms with van der Waals surface area (Å²) in [6.07, 6.45) is 8.40. The molecule has 0 N–H and O–H groups in total. The summed E-state index contributed by atoms with van der Waals surface area (Å²) in [5.74, 6) is 0. The number of rotatable bonds is 0. The van der Waals surface area contributed by atoms with E-state index in [1.54, 1.807) is 0 Å². The lowest BCUT2D eigenvalue weighted by atomic mass is 9.67. The fraction of sp³-hybridized carbons (Fsp3) is 1.00. The molecule has 2 rings (SSSR count). The quantitative estimate of drug-likeness (QED) is 0.459. The van der Waals surface area contributed by atoms with E-state index >= 15 is 0 Å². The highest BCUT2D eigenvalue weighted by atomic mass is 35.5. The van der Waals surface area contributed by atoms with Crippen molar-refractivity contribution in [3.05, 3.63) is 0 Å². The summed E-state index contributed by atoms with van der Waals surface area (Å²) in [6, 6.07) is 0. The predicted octanol–water partition coefficient (Wildman–Crippen LogP) is 2.95. The molecule has 0 nitrogen and oxygen atoms in total. The monoisotopic (exact) mass is 144 g/mol. The van der Waals surface area contributed by atoms with Gasteiger partial charge in [0.05, 0.1) is 0 Å². The third-order valence-electron chi connectivity index (χ3n) is 3.16. The van der Waals surface area contributed by atoms with Crippen molar-refractivity contribution < 1.29 is 0 Å². The van der Waals surface area contributed by atoms with Crippen LogP contribution in [0.5, 0.6) is 0 Å². The molecule has 52 valence electrons. The van der Waals surface area contributed by atoms with Gasteiger partial charge in [-0.05, 0) is 31.1 Å². The molecule has 1 atom stereocenters. The Morgan fingerprint density at radius 3 is 2.00 bits per heavy atom. The van der Waals surface area contributed by atoms with Gasteiger partial charge in [0.25, 0.3) is 0 Å². The first-order valence-corrected chi connectivity index (χ1v) is 4.41. The van der Waals surface area contributed by atoms with Crippen LogP contribution in [0.25, 0.3) is 0 Å². The molecule has 2 fully saturated rings. The zero-order valence-electron chi connectivity index (χ0n) is 5.70. The molecule has 2 aliphatic rings. The van der Waals surface area contributed by atoms with Crippen molar-refractivity contribution in [2.24, 2.45) is 5.41 Å². The first-order valence-electron chi connectivity index (χ1n) is 3.98. The molecule has 0 aromatic rings. The van der Waals surface area contributed by atoms with Gasteiger partial charge in [0.15, 0.2) is 0 Å². The lowest BCUT2D eigenvalue weighted by Crippen LogP contribution is -2.38. The molecule has 0 aromatic heterocycles. The fourth-order valence-corrected chi connectivity index (χ4v) is 2.74. The highest BCUT2D eigenvalue weighted by Crippen LogP contribution is 2.55. The molecular formula is C8H13Cl. The first-order chi connectivity index (χ1) is 4.33. The van der Waals surface area contributed by atoms with Crippen molar-refractivity contribution in [3.8, 4) is 0 Å². The lowest BCUT2D eigenvalue weighted by Gasteiger charge is -2.43. The van der Waals surface area contributed by atoms with Gasteiger partial charge in [-0.15, -0.1) is 11.6 Å². The molecule has 0 radical (unpaired) electrons. The Kier molecular flexibility index (Phi) is 1.26. The summed E-state index contributed by atoms with van der Waals surface area (Å²) in [4.78, 5) is 0. The largest absolute Gasteiger partial charge is 0.122 e. The van der Waals surface area contributed by atoms with E-state index < -0.39 is 0 Å². The maximum absolute atomic E-state index is 6.11. The second kappa shape index (κ2) is 1.88. The van der Waals surface area contributed by atoms with Gasteiger partial charge in [-0.25, -0.2) is 0 Å². The Morgan fingerprint density at radius 1 is 1.11 bits per heavy atom. The van der Waals surface area contributed by atoms with Crippen molar-refractivity contribution in [3.63, 3.8) is 0 Å². The molecular weight excluding hydrogens is 132 g/mol. The van der Waals surface area contributed by atoms with Crippen LogP contribution in [0, 0.1) is 5.41 Å². The average molecular weight is 145 g/mol. The Bertz CT molecular complexity index is 114. The van der Waals surface area contributed by atoms with E-state index in [0.29, 0.717) is 10.8 Å². The van der Waals surface area contributed by atoms with Crippen LogP contribution in [0.3, 0.4) is 0 Å². The summed E-state index contributed by atoms with van der Waals surface area (Å²) >= 11 is 6.11. The third kappa shape index (κ3) is 0.724. The Morgan fingerprint density at radius 2 is 1.78 bits per heavy atom. The van der Waals surface area contributed by atoms with E-state index in [4.69, 9.17) is 11.6 Å². The number of hydrogen-bond donors (Lipinski definition) is 0. The number of alkyl halides is 1. The molecule has 0 aliphatic heterocycles. The molecule has 9 heavy (non-hydrogen) atoms. The van der Waals surface area contributed by atoms with Crippen LogP contribution in [0.2, 0.25) is 0 Å². The Balaban J connectivity index is 2.06. The van der Waals surface area contributed by atoms with Crippen LogP contribution >= 0.6 is 11.6 Å². The van der Waals surface area contributed by atoms with Crippen molar-refractivity contribution in [2.75, 3.05) is 0 Å². The van der Waals surface area contributed by atoms with E-state index in [1.807, 2.05) is 0 Å². The summed E-state index contributed by atoms with van der Waals surface area (Å²) in [5.41, 5.74) is 0.640. The summed E-state index contributed by atoms with van der Waals surface area (Å²) in [7, 11) is 0. The van der Waals surface area contributed by atoms with Crippen LogP contribution in [-0.2, 0) is 0 Å². The zero-order chi connectivity index (χ0) is 6.32. The molecule has 1 heteroatoms. The lowest BCUT2D eigenvalue weighted by molar-refractivity contribution is 0.152. The Hall–Kier alpha value is 0.290. The predicted molar refractivity (Wildman–Crippen MR) is 39.8 cm³/mol. The molecule has 0 bridgehead atoms. The van der Waals surface area contributed by atoms with Crippen LogP contribution in [0.1, 0.15) is 38.5 Å². The van der Waals surface area contributed by atoms with Crippen molar-refractivity contribution in [1.29, 1.82) is 0 Å². The van der Waals surface area contributed by atoms with Gasteiger partial charge in [0, 0.05) is 5.38 Å².